The zero-order valence-corrected chi connectivity index (χ0v) is 10.3. The molecule has 1 saturated carbocycles. The molecular formula is C14H24O2. The van der Waals surface area contributed by atoms with Gasteiger partial charge < -0.3 is 5.11 Å². The Balaban J connectivity index is 2.49. The van der Waals surface area contributed by atoms with Crippen molar-refractivity contribution in [3.63, 3.8) is 0 Å². The molecule has 0 aromatic heterocycles. The maximum absolute atomic E-state index is 11.2. The average molecular weight is 224 g/mol. The van der Waals surface area contributed by atoms with Gasteiger partial charge in [-0.2, -0.15) is 0 Å². The third-order valence-electron chi connectivity index (χ3n) is 3.97. The Bertz CT molecular complexity index is 235. The number of unbranched alkanes of at least 4 members (excludes halogenated alkanes) is 1. The van der Waals surface area contributed by atoms with Gasteiger partial charge in [0.1, 0.15) is 0 Å². The molecule has 1 rings (SSSR count). The maximum atomic E-state index is 11.2. The van der Waals surface area contributed by atoms with Gasteiger partial charge in [0.15, 0.2) is 0 Å². The normalized spacial score (nSPS) is 29.9. The first-order chi connectivity index (χ1) is 7.69. The number of allylic oxidation sites excluding steroid dienone is 1. The molecule has 0 saturated heterocycles. The Labute approximate surface area is 98.7 Å². The van der Waals surface area contributed by atoms with E-state index in [-0.39, 0.29) is 5.92 Å². The molecule has 1 aliphatic rings. The van der Waals surface area contributed by atoms with Crippen molar-refractivity contribution in [1.29, 1.82) is 0 Å². The second-order valence-electron chi connectivity index (χ2n) is 5.01. The molecule has 16 heavy (non-hydrogen) atoms. The van der Waals surface area contributed by atoms with Gasteiger partial charge in [-0.05, 0) is 50.4 Å². The minimum atomic E-state index is -0.585. The van der Waals surface area contributed by atoms with Crippen molar-refractivity contribution in [3.05, 3.63) is 12.7 Å². The standard InChI is InChI=1S/C14H24O2/c1-3-5-6-7-12-10-11(4-2)8-9-13(12)14(15)16/h3,11-13H,1,4-10H2,2H3,(H,15,16). The third-order valence-corrected chi connectivity index (χ3v) is 3.97. The molecule has 3 atom stereocenters. The highest BCUT2D eigenvalue weighted by atomic mass is 16.4. The van der Waals surface area contributed by atoms with Crippen molar-refractivity contribution in [2.45, 2.75) is 51.9 Å². The third kappa shape index (κ3) is 3.66. The predicted molar refractivity (Wildman–Crippen MR) is 66.3 cm³/mol. The van der Waals surface area contributed by atoms with Crippen molar-refractivity contribution in [2.24, 2.45) is 17.8 Å². The van der Waals surface area contributed by atoms with E-state index >= 15 is 0 Å². The number of carbonyl (C=O) groups is 1. The number of hydrogen-bond acceptors (Lipinski definition) is 1. The molecule has 2 heteroatoms. The second kappa shape index (κ2) is 6.72. The van der Waals surface area contributed by atoms with E-state index in [1.165, 1.54) is 6.42 Å². The fourth-order valence-corrected chi connectivity index (χ4v) is 2.90. The topological polar surface area (TPSA) is 37.3 Å². The summed E-state index contributed by atoms with van der Waals surface area (Å²) in [7, 11) is 0. The highest BCUT2D eigenvalue weighted by molar-refractivity contribution is 5.70. The maximum Gasteiger partial charge on any atom is 0.306 e. The highest BCUT2D eigenvalue weighted by Gasteiger charge is 2.33. The van der Waals surface area contributed by atoms with Crippen LogP contribution >= 0.6 is 0 Å². The molecule has 0 amide bonds. The van der Waals surface area contributed by atoms with E-state index < -0.39 is 5.97 Å². The first kappa shape index (κ1) is 13.3. The number of carboxylic acid groups (broad SMARTS) is 1. The molecule has 0 aromatic carbocycles. The first-order valence-electron chi connectivity index (χ1n) is 6.52. The lowest BCUT2D eigenvalue weighted by Gasteiger charge is -2.33. The number of hydrogen-bond donors (Lipinski definition) is 1. The molecule has 1 fully saturated rings. The van der Waals surface area contributed by atoms with Gasteiger partial charge in [-0.25, -0.2) is 0 Å². The van der Waals surface area contributed by atoms with Gasteiger partial charge in [-0.3, -0.25) is 4.79 Å². The van der Waals surface area contributed by atoms with Crippen LogP contribution in [0.3, 0.4) is 0 Å². The molecule has 0 radical (unpaired) electrons. The Hall–Kier alpha value is -0.790. The quantitative estimate of drug-likeness (QED) is 0.549. The Morgan fingerprint density at radius 2 is 2.25 bits per heavy atom. The van der Waals surface area contributed by atoms with E-state index in [0.717, 1.165) is 44.4 Å². The van der Waals surface area contributed by atoms with Crippen molar-refractivity contribution in [2.75, 3.05) is 0 Å². The summed E-state index contributed by atoms with van der Waals surface area (Å²) < 4.78 is 0. The van der Waals surface area contributed by atoms with Crippen LogP contribution in [0.25, 0.3) is 0 Å². The fraction of sp³-hybridized carbons (Fsp3) is 0.786. The van der Waals surface area contributed by atoms with E-state index in [1.807, 2.05) is 6.08 Å². The van der Waals surface area contributed by atoms with E-state index in [9.17, 15) is 9.90 Å². The first-order valence-corrected chi connectivity index (χ1v) is 6.52. The van der Waals surface area contributed by atoms with E-state index in [4.69, 9.17) is 0 Å². The lowest BCUT2D eigenvalue weighted by Crippen LogP contribution is -2.30. The minimum Gasteiger partial charge on any atom is -0.481 e. The van der Waals surface area contributed by atoms with Crippen molar-refractivity contribution in [1.82, 2.24) is 0 Å². The van der Waals surface area contributed by atoms with Crippen LogP contribution in [0.5, 0.6) is 0 Å². The molecule has 1 N–H and O–H groups in total. The molecule has 0 bridgehead atoms. The Morgan fingerprint density at radius 1 is 1.50 bits per heavy atom. The summed E-state index contributed by atoms with van der Waals surface area (Å²) in [5.74, 6) is 0.478. The zero-order chi connectivity index (χ0) is 12.0. The van der Waals surface area contributed by atoms with Crippen LogP contribution in [0, 0.1) is 17.8 Å². The lowest BCUT2D eigenvalue weighted by atomic mass is 9.71. The number of carboxylic acids is 1. The predicted octanol–water partition coefficient (Wildman–Crippen LogP) is 3.87. The highest BCUT2D eigenvalue weighted by Crippen LogP contribution is 2.38. The lowest BCUT2D eigenvalue weighted by molar-refractivity contribution is -0.145. The summed E-state index contributed by atoms with van der Waals surface area (Å²) in [5, 5.41) is 9.20. The van der Waals surface area contributed by atoms with E-state index in [1.54, 1.807) is 0 Å². The molecule has 2 nitrogen and oxygen atoms in total. The molecule has 0 aliphatic heterocycles. The van der Waals surface area contributed by atoms with Crippen molar-refractivity contribution < 1.29 is 9.90 Å². The summed E-state index contributed by atoms with van der Waals surface area (Å²) in [6, 6.07) is 0. The summed E-state index contributed by atoms with van der Waals surface area (Å²) in [6.45, 7) is 5.93. The van der Waals surface area contributed by atoms with E-state index in [2.05, 4.69) is 13.5 Å². The zero-order valence-electron chi connectivity index (χ0n) is 10.3. The van der Waals surface area contributed by atoms with Crippen LogP contribution in [0.15, 0.2) is 12.7 Å². The largest absolute Gasteiger partial charge is 0.481 e. The van der Waals surface area contributed by atoms with Gasteiger partial charge in [-0.15, -0.1) is 6.58 Å². The van der Waals surface area contributed by atoms with Gasteiger partial charge >= 0.3 is 5.97 Å². The van der Waals surface area contributed by atoms with E-state index in [0.29, 0.717) is 5.92 Å². The molecule has 3 unspecified atom stereocenters. The molecular weight excluding hydrogens is 200 g/mol. The van der Waals surface area contributed by atoms with Crippen LogP contribution in [0.4, 0.5) is 0 Å². The van der Waals surface area contributed by atoms with Gasteiger partial charge in [0.25, 0.3) is 0 Å². The van der Waals surface area contributed by atoms with Crippen LogP contribution in [-0.2, 0) is 4.79 Å². The smallest absolute Gasteiger partial charge is 0.306 e. The van der Waals surface area contributed by atoms with Crippen LogP contribution in [0.2, 0.25) is 0 Å². The Morgan fingerprint density at radius 3 is 2.81 bits per heavy atom. The Kier molecular flexibility index (Phi) is 5.58. The van der Waals surface area contributed by atoms with Gasteiger partial charge in [0.2, 0.25) is 0 Å². The fourth-order valence-electron chi connectivity index (χ4n) is 2.90. The van der Waals surface area contributed by atoms with Crippen molar-refractivity contribution >= 4 is 5.97 Å². The number of rotatable bonds is 6. The average Bonchev–Trinajstić information content (AvgIpc) is 2.29. The van der Waals surface area contributed by atoms with Gasteiger partial charge in [0.05, 0.1) is 5.92 Å². The van der Waals surface area contributed by atoms with Crippen LogP contribution < -0.4 is 0 Å². The van der Waals surface area contributed by atoms with Gasteiger partial charge in [0, 0.05) is 0 Å². The van der Waals surface area contributed by atoms with Crippen molar-refractivity contribution in [3.8, 4) is 0 Å². The summed E-state index contributed by atoms with van der Waals surface area (Å²) >= 11 is 0. The molecule has 0 aromatic rings. The number of aliphatic carboxylic acids is 1. The summed E-state index contributed by atoms with van der Waals surface area (Å²) in [4.78, 5) is 11.2. The monoisotopic (exact) mass is 224 g/mol. The SMILES string of the molecule is C=CCCCC1CC(CC)CCC1C(=O)O. The molecule has 0 spiro atoms. The van der Waals surface area contributed by atoms with Crippen LogP contribution in [-0.4, -0.2) is 11.1 Å². The molecule has 92 valence electrons. The second-order valence-corrected chi connectivity index (χ2v) is 5.01. The van der Waals surface area contributed by atoms with Crippen LogP contribution in [0.1, 0.15) is 51.9 Å². The minimum absolute atomic E-state index is 0.0902. The molecule has 0 heterocycles. The summed E-state index contributed by atoms with van der Waals surface area (Å²) in [5.41, 5.74) is 0. The summed E-state index contributed by atoms with van der Waals surface area (Å²) in [6.07, 6.45) is 9.39. The molecule has 1 aliphatic carbocycles. The van der Waals surface area contributed by atoms with Gasteiger partial charge in [-0.1, -0.05) is 19.4 Å².